The van der Waals surface area contributed by atoms with E-state index in [1.807, 2.05) is 54.6 Å². The van der Waals surface area contributed by atoms with E-state index in [-0.39, 0.29) is 18.5 Å². The fourth-order valence-corrected chi connectivity index (χ4v) is 3.19. The van der Waals surface area contributed by atoms with E-state index in [0.717, 1.165) is 16.8 Å². The summed E-state index contributed by atoms with van der Waals surface area (Å²) in [7, 11) is 0. The summed E-state index contributed by atoms with van der Waals surface area (Å²) in [5.74, 6) is -0.330. The molecule has 7 heteroatoms. The predicted octanol–water partition coefficient (Wildman–Crippen LogP) is 2.92. The number of nitrogens with two attached hydrogens (primary N) is 2. The molecular formula is C20H22N4O2S. The van der Waals surface area contributed by atoms with Gasteiger partial charge in [-0.2, -0.15) is 0 Å². The summed E-state index contributed by atoms with van der Waals surface area (Å²) in [5, 5.41) is 5.56. The van der Waals surface area contributed by atoms with Gasteiger partial charge in [0.1, 0.15) is 6.10 Å². The summed E-state index contributed by atoms with van der Waals surface area (Å²) in [5.41, 5.74) is 14.7. The topological polar surface area (TPSA) is 103 Å². The Balaban J connectivity index is 1.60. The van der Waals surface area contributed by atoms with Crippen molar-refractivity contribution < 1.29 is 9.53 Å². The largest absolute Gasteiger partial charge is 0.456 e. The molecule has 0 aliphatic rings. The minimum atomic E-state index is -0.386. The Kier molecular flexibility index (Phi) is 6.40. The van der Waals surface area contributed by atoms with Crippen molar-refractivity contribution in [2.45, 2.75) is 19.1 Å². The Morgan fingerprint density at radius 2 is 1.85 bits per heavy atom. The third-order valence-electron chi connectivity index (χ3n) is 3.98. The summed E-state index contributed by atoms with van der Waals surface area (Å²) in [6, 6.07) is 17.4. The highest BCUT2D eigenvalue weighted by Crippen LogP contribution is 2.19. The molecule has 3 rings (SSSR count). The molecule has 0 saturated carbocycles. The zero-order valence-electron chi connectivity index (χ0n) is 14.8. The first kappa shape index (κ1) is 18.9. The van der Waals surface area contributed by atoms with Crippen LogP contribution in [-0.4, -0.2) is 17.5 Å². The van der Waals surface area contributed by atoms with E-state index in [1.54, 1.807) is 5.38 Å². The number of ether oxygens (including phenoxy) is 1. The van der Waals surface area contributed by atoms with Gasteiger partial charge in [0, 0.05) is 24.2 Å². The van der Waals surface area contributed by atoms with Crippen LogP contribution in [0.5, 0.6) is 0 Å². The van der Waals surface area contributed by atoms with Crippen molar-refractivity contribution in [1.82, 2.24) is 10.3 Å². The summed E-state index contributed by atoms with van der Waals surface area (Å²) < 4.78 is 5.71. The average Bonchev–Trinajstić information content (AvgIpc) is 3.08. The second kappa shape index (κ2) is 9.16. The SMILES string of the molecule is Nc1ccc(CNCC(OC(=O)Cc2csc(N)n2)c2ccccc2)cc1. The number of carbonyl (C=O) groups excluding carboxylic acids is 1. The zero-order valence-corrected chi connectivity index (χ0v) is 15.6. The molecule has 0 amide bonds. The minimum Gasteiger partial charge on any atom is -0.456 e. The fraction of sp³-hybridized carbons (Fsp3) is 0.200. The van der Waals surface area contributed by atoms with Gasteiger partial charge in [0.05, 0.1) is 12.1 Å². The van der Waals surface area contributed by atoms with E-state index in [1.165, 1.54) is 11.3 Å². The number of nitrogens with zero attached hydrogens (tertiary/aromatic N) is 1. The molecule has 0 fully saturated rings. The van der Waals surface area contributed by atoms with Gasteiger partial charge >= 0.3 is 5.97 Å². The first-order valence-electron chi connectivity index (χ1n) is 8.59. The first-order chi connectivity index (χ1) is 13.1. The van der Waals surface area contributed by atoms with Gasteiger partial charge in [0.15, 0.2) is 5.13 Å². The maximum Gasteiger partial charge on any atom is 0.312 e. The summed E-state index contributed by atoms with van der Waals surface area (Å²) >= 11 is 1.31. The molecule has 0 saturated heterocycles. The number of nitrogen functional groups attached to an aromatic ring is 2. The van der Waals surface area contributed by atoms with Gasteiger partial charge in [-0.15, -0.1) is 11.3 Å². The monoisotopic (exact) mass is 382 g/mol. The van der Waals surface area contributed by atoms with E-state index in [0.29, 0.717) is 23.9 Å². The van der Waals surface area contributed by atoms with Gasteiger partial charge in [0.25, 0.3) is 0 Å². The zero-order chi connectivity index (χ0) is 19.1. The van der Waals surface area contributed by atoms with Crippen molar-refractivity contribution in [3.05, 3.63) is 76.8 Å². The highest BCUT2D eigenvalue weighted by Gasteiger charge is 2.17. The van der Waals surface area contributed by atoms with Crippen LogP contribution in [0.1, 0.15) is 22.9 Å². The van der Waals surface area contributed by atoms with Gasteiger partial charge in [-0.05, 0) is 23.3 Å². The Hall–Kier alpha value is -2.90. The van der Waals surface area contributed by atoms with Crippen LogP contribution < -0.4 is 16.8 Å². The second-order valence-corrected chi connectivity index (χ2v) is 7.01. The van der Waals surface area contributed by atoms with Crippen LogP contribution in [0.3, 0.4) is 0 Å². The number of nitrogens with one attached hydrogen (secondary N) is 1. The van der Waals surface area contributed by atoms with Gasteiger partial charge in [-0.25, -0.2) is 4.98 Å². The lowest BCUT2D eigenvalue weighted by atomic mass is 10.1. The molecule has 0 spiro atoms. The molecule has 1 heterocycles. The number of esters is 1. The quantitative estimate of drug-likeness (QED) is 0.409. The molecule has 6 nitrogen and oxygen atoms in total. The van der Waals surface area contributed by atoms with Crippen molar-refractivity contribution >= 4 is 28.1 Å². The van der Waals surface area contributed by atoms with Crippen molar-refractivity contribution in [2.24, 2.45) is 0 Å². The van der Waals surface area contributed by atoms with E-state index in [4.69, 9.17) is 16.2 Å². The van der Waals surface area contributed by atoms with Crippen molar-refractivity contribution in [3.8, 4) is 0 Å². The standard InChI is InChI=1S/C20H22N4O2S/c21-16-8-6-14(7-9-16)11-23-12-18(15-4-2-1-3-5-15)26-19(25)10-17-13-27-20(22)24-17/h1-9,13,18,23H,10-12,21H2,(H2,22,24). The third-order valence-corrected chi connectivity index (χ3v) is 4.70. The smallest absolute Gasteiger partial charge is 0.312 e. The van der Waals surface area contributed by atoms with E-state index in [9.17, 15) is 4.79 Å². The van der Waals surface area contributed by atoms with Crippen LogP contribution >= 0.6 is 11.3 Å². The maximum atomic E-state index is 12.3. The maximum absolute atomic E-state index is 12.3. The number of rotatable bonds is 8. The molecule has 3 aromatic rings. The molecule has 0 radical (unpaired) electrons. The average molecular weight is 382 g/mol. The molecule has 1 aromatic heterocycles. The molecule has 27 heavy (non-hydrogen) atoms. The summed E-state index contributed by atoms with van der Waals surface area (Å²) in [6.45, 7) is 1.16. The summed E-state index contributed by atoms with van der Waals surface area (Å²) in [6.07, 6.45) is -0.280. The minimum absolute atomic E-state index is 0.106. The van der Waals surface area contributed by atoms with Crippen LogP contribution in [0.4, 0.5) is 10.8 Å². The second-order valence-electron chi connectivity index (χ2n) is 6.12. The molecule has 5 N–H and O–H groups in total. The molecule has 140 valence electrons. The Labute approximate surface area is 162 Å². The first-order valence-corrected chi connectivity index (χ1v) is 9.47. The van der Waals surface area contributed by atoms with E-state index in [2.05, 4.69) is 10.3 Å². The van der Waals surface area contributed by atoms with Crippen LogP contribution in [-0.2, 0) is 22.5 Å². The number of aromatic nitrogens is 1. The van der Waals surface area contributed by atoms with Gasteiger partial charge in [-0.3, -0.25) is 4.79 Å². The van der Waals surface area contributed by atoms with Crippen molar-refractivity contribution in [2.75, 3.05) is 18.0 Å². The fourth-order valence-electron chi connectivity index (χ4n) is 2.63. The predicted molar refractivity (Wildman–Crippen MR) is 108 cm³/mol. The van der Waals surface area contributed by atoms with Crippen LogP contribution in [0, 0.1) is 0 Å². The number of hydrogen-bond acceptors (Lipinski definition) is 7. The van der Waals surface area contributed by atoms with Crippen molar-refractivity contribution in [3.63, 3.8) is 0 Å². The van der Waals surface area contributed by atoms with Crippen molar-refractivity contribution in [1.29, 1.82) is 0 Å². The lowest BCUT2D eigenvalue weighted by molar-refractivity contribution is -0.148. The lowest BCUT2D eigenvalue weighted by Crippen LogP contribution is -2.25. The van der Waals surface area contributed by atoms with Crippen LogP contribution in [0.25, 0.3) is 0 Å². The van der Waals surface area contributed by atoms with E-state index >= 15 is 0 Å². The molecule has 1 atom stereocenters. The van der Waals surface area contributed by atoms with Gasteiger partial charge in [-0.1, -0.05) is 42.5 Å². The Morgan fingerprint density at radius 1 is 1.11 bits per heavy atom. The third kappa shape index (κ3) is 5.80. The molecular weight excluding hydrogens is 360 g/mol. The molecule has 1 unspecified atom stereocenters. The normalized spacial score (nSPS) is 11.9. The molecule has 2 aromatic carbocycles. The van der Waals surface area contributed by atoms with Gasteiger partial charge in [0.2, 0.25) is 0 Å². The van der Waals surface area contributed by atoms with Gasteiger partial charge < -0.3 is 21.5 Å². The Morgan fingerprint density at radius 3 is 2.52 bits per heavy atom. The highest BCUT2D eigenvalue weighted by atomic mass is 32.1. The number of carbonyl (C=O) groups is 1. The number of anilines is 2. The van der Waals surface area contributed by atoms with Crippen LogP contribution in [0.2, 0.25) is 0 Å². The highest BCUT2D eigenvalue weighted by molar-refractivity contribution is 7.13. The van der Waals surface area contributed by atoms with E-state index < -0.39 is 0 Å². The summed E-state index contributed by atoms with van der Waals surface area (Å²) in [4.78, 5) is 16.4. The Bertz CT molecular complexity index is 865. The molecule has 0 bridgehead atoms. The number of hydrogen-bond donors (Lipinski definition) is 3. The molecule has 0 aliphatic heterocycles. The molecule has 0 aliphatic carbocycles. The lowest BCUT2D eigenvalue weighted by Gasteiger charge is -2.19. The number of thiazole rings is 1. The van der Waals surface area contributed by atoms with Crippen LogP contribution in [0.15, 0.2) is 60.0 Å². The number of benzene rings is 2.